The Morgan fingerprint density at radius 2 is 1.70 bits per heavy atom. The van der Waals surface area contributed by atoms with E-state index < -0.39 is 19.0 Å². The van der Waals surface area contributed by atoms with Crippen LogP contribution in [0.15, 0.2) is 57.7 Å². The van der Waals surface area contributed by atoms with Gasteiger partial charge in [0.05, 0.1) is 5.39 Å². The van der Waals surface area contributed by atoms with Gasteiger partial charge in [0.15, 0.2) is 5.76 Å². The summed E-state index contributed by atoms with van der Waals surface area (Å²) in [4.78, 5) is 34.3. The van der Waals surface area contributed by atoms with Gasteiger partial charge in [-0.15, -0.1) is 0 Å². The lowest BCUT2D eigenvalue weighted by Gasteiger charge is -2.29. The second kappa shape index (κ2) is 5.55. The molecular formula is C15H9O7P-2. The van der Waals surface area contributed by atoms with Crippen LogP contribution < -0.4 is 19.7 Å². The van der Waals surface area contributed by atoms with E-state index in [0.29, 0.717) is 0 Å². The molecule has 8 heteroatoms. The van der Waals surface area contributed by atoms with Crippen LogP contribution in [0.25, 0.3) is 22.3 Å². The van der Waals surface area contributed by atoms with Gasteiger partial charge >= 0.3 is 0 Å². The number of phosphoric acid groups is 1. The van der Waals surface area contributed by atoms with Crippen LogP contribution in [0.2, 0.25) is 0 Å². The maximum Gasteiger partial charge on any atom is 0.235 e. The Balaban J connectivity index is 2.33. The van der Waals surface area contributed by atoms with Gasteiger partial charge in [-0.25, -0.2) is 0 Å². The fourth-order valence-corrected chi connectivity index (χ4v) is 2.51. The van der Waals surface area contributed by atoms with Crippen LogP contribution in [-0.4, -0.2) is 5.11 Å². The number of para-hydroxylation sites is 1. The van der Waals surface area contributed by atoms with Crippen molar-refractivity contribution in [1.82, 2.24) is 0 Å². The molecule has 0 bridgehead atoms. The Bertz CT molecular complexity index is 969. The zero-order chi connectivity index (χ0) is 16.6. The van der Waals surface area contributed by atoms with Gasteiger partial charge in [0.25, 0.3) is 0 Å². The van der Waals surface area contributed by atoms with Gasteiger partial charge < -0.3 is 28.4 Å². The van der Waals surface area contributed by atoms with E-state index in [-0.39, 0.29) is 28.0 Å². The molecule has 118 valence electrons. The molecule has 0 radical (unpaired) electrons. The number of rotatable bonds is 3. The fraction of sp³-hybridized carbons (Fsp3) is 0. The summed E-state index contributed by atoms with van der Waals surface area (Å²) in [6, 6.07) is 11.6. The quantitative estimate of drug-likeness (QED) is 0.718. The molecule has 0 aliphatic rings. The van der Waals surface area contributed by atoms with E-state index in [4.69, 9.17) is 4.42 Å². The SMILES string of the molecule is O=c1c(OP(=O)([O-])[O-])c(-c2ccc(O)cc2)oc2ccccc12. The molecule has 1 heterocycles. The number of phosphoric ester groups is 1. The van der Waals surface area contributed by atoms with Gasteiger partial charge in [0.1, 0.15) is 19.2 Å². The van der Waals surface area contributed by atoms with Crippen LogP contribution in [0.1, 0.15) is 0 Å². The topological polar surface area (TPSA) is 123 Å². The van der Waals surface area contributed by atoms with Crippen molar-refractivity contribution in [2.24, 2.45) is 0 Å². The summed E-state index contributed by atoms with van der Waals surface area (Å²) in [6.07, 6.45) is 0. The van der Waals surface area contributed by atoms with Crippen LogP contribution in [0.5, 0.6) is 11.5 Å². The summed E-state index contributed by atoms with van der Waals surface area (Å²) in [6.45, 7) is 0. The first-order valence-electron chi connectivity index (χ1n) is 6.42. The summed E-state index contributed by atoms with van der Waals surface area (Å²) < 4.78 is 20.8. The van der Waals surface area contributed by atoms with E-state index >= 15 is 0 Å². The van der Waals surface area contributed by atoms with Crippen LogP contribution in [0.4, 0.5) is 0 Å². The second-order valence-corrected chi connectivity index (χ2v) is 5.75. The molecule has 1 aromatic heterocycles. The van der Waals surface area contributed by atoms with Gasteiger partial charge in [-0.05, 0) is 36.4 Å². The number of aromatic hydroxyl groups is 1. The smallest absolute Gasteiger partial charge is 0.235 e. The molecular weight excluding hydrogens is 323 g/mol. The molecule has 0 aliphatic heterocycles. The highest BCUT2D eigenvalue weighted by molar-refractivity contribution is 7.43. The van der Waals surface area contributed by atoms with Gasteiger partial charge in [0, 0.05) is 5.56 Å². The van der Waals surface area contributed by atoms with E-state index in [2.05, 4.69) is 4.52 Å². The van der Waals surface area contributed by atoms with Crippen molar-refractivity contribution >= 4 is 18.8 Å². The van der Waals surface area contributed by atoms with Crippen LogP contribution >= 0.6 is 7.82 Å². The maximum atomic E-state index is 12.4. The summed E-state index contributed by atoms with van der Waals surface area (Å²) in [5.41, 5.74) is -0.296. The normalized spacial score (nSPS) is 11.6. The van der Waals surface area contributed by atoms with Crippen molar-refractivity contribution in [1.29, 1.82) is 0 Å². The van der Waals surface area contributed by atoms with Gasteiger partial charge in [-0.3, -0.25) is 4.79 Å². The predicted octanol–water partition coefficient (Wildman–Crippen LogP) is 1.37. The third-order valence-corrected chi connectivity index (χ3v) is 3.49. The molecule has 2 aromatic carbocycles. The summed E-state index contributed by atoms with van der Waals surface area (Å²) in [5.74, 6) is -0.943. The second-order valence-electron chi connectivity index (χ2n) is 4.67. The number of fused-ring (bicyclic) bond motifs is 1. The minimum Gasteiger partial charge on any atom is -0.780 e. The molecule has 3 rings (SSSR count). The van der Waals surface area contributed by atoms with Crippen LogP contribution in [-0.2, 0) is 4.57 Å². The molecule has 0 amide bonds. The van der Waals surface area contributed by atoms with Crippen molar-refractivity contribution in [2.75, 3.05) is 0 Å². The molecule has 0 unspecified atom stereocenters. The van der Waals surface area contributed by atoms with Crippen molar-refractivity contribution < 1.29 is 28.4 Å². The zero-order valence-corrected chi connectivity index (χ0v) is 12.4. The fourth-order valence-electron chi connectivity index (χ4n) is 2.12. The van der Waals surface area contributed by atoms with Crippen molar-refractivity contribution in [3.63, 3.8) is 0 Å². The van der Waals surface area contributed by atoms with Gasteiger partial charge in [-0.1, -0.05) is 12.1 Å². The van der Waals surface area contributed by atoms with Crippen molar-refractivity contribution in [3.05, 3.63) is 58.8 Å². The summed E-state index contributed by atoms with van der Waals surface area (Å²) >= 11 is 0. The highest BCUT2D eigenvalue weighted by Gasteiger charge is 2.18. The minimum atomic E-state index is -5.46. The molecule has 0 spiro atoms. The molecule has 3 aromatic rings. The third kappa shape index (κ3) is 3.12. The lowest BCUT2D eigenvalue weighted by atomic mass is 10.1. The molecule has 23 heavy (non-hydrogen) atoms. The van der Waals surface area contributed by atoms with Crippen molar-refractivity contribution in [2.45, 2.75) is 0 Å². The number of phenolic OH excluding ortho intramolecular Hbond substituents is 1. The Labute approximate surface area is 129 Å². The zero-order valence-electron chi connectivity index (χ0n) is 11.5. The lowest BCUT2D eigenvalue weighted by molar-refractivity contribution is -0.333. The molecule has 0 aliphatic carbocycles. The first kappa shape index (κ1) is 15.3. The summed E-state index contributed by atoms with van der Waals surface area (Å²) in [7, 11) is -5.46. The average molecular weight is 332 g/mol. The van der Waals surface area contributed by atoms with E-state index in [1.54, 1.807) is 12.1 Å². The monoisotopic (exact) mass is 332 g/mol. The molecule has 1 N–H and O–H groups in total. The average Bonchev–Trinajstić information content (AvgIpc) is 2.50. The first-order chi connectivity index (χ1) is 10.8. The molecule has 7 nitrogen and oxygen atoms in total. The van der Waals surface area contributed by atoms with Crippen molar-refractivity contribution in [3.8, 4) is 22.8 Å². The Morgan fingerprint density at radius 3 is 2.35 bits per heavy atom. The van der Waals surface area contributed by atoms with E-state index in [1.165, 1.54) is 36.4 Å². The molecule has 0 saturated carbocycles. The van der Waals surface area contributed by atoms with Gasteiger partial charge in [-0.2, -0.15) is 0 Å². The van der Waals surface area contributed by atoms with Crippen LogP contribution in [0, 0.1) is 0 Å². The van der Waals surface area contributed by atoms with E-state index in [1.807, 2.05) is 0 Å². The Kier molecular flexibility index (Phi) is 3.69. The summed E-state index contributed by atoms with van der Waals surface area (Å²) in [5, 5.41) is 9.40. The van der Waals surface area contributed by atoms with E-state index in [0.717, 1.165) is 0 Å². The Hall–Kier alpha value is -2.60. The maximum absolute atomic E-state index is 12.4. The largest absolute Gasteiger partial charge is 0.780 e. The first-order valence-corrected chi connectivity index (χ1v) is 7.88. The number of hydrogen-bond donors (Lipinski definition) is 1. The highest BCUT2D eigenvalue weighted by atomic mass is 31.2. The molecule has 0 saturated heterocycles. The third-order valence-electron chi connectivity index (χ3n) is 3.09. The number of hydrogen-bond acceptors (Lipinski definition) is 7. The predicted molar refractivity (Wildman–Crippen MR) is 77.8 cm³/mol. The van der Waals surface area contributed by atoms with E-state index in [9.17, 15) is 24.3 Å². The molecule has 0 fully saturated rings. The lowest BCUT2D eigenvalue weighted by Crippen LogP contribution is -2.21. The Morgan fingerprint density at radius 1 is 1.04 bits per heavy atom. The highest BCUT2D eigenvalue weighted by Crippen LogP contribution is 2.37. The van der Waals surface area contributed by atoms with Crippen LogP contribution in [0.3, 0.4) is 0 Å². The standard InChI is InChI=1S/C15H11O7P/c16-10-7-5-9(6-8-10)14-15(22-23(18,19)20)13(17)11-3-1-2-4-12(11)21-14/h1-8,16H,(H2,18,19,20)/p-2. The minimum absolute atomic E-state index is 0.0299. The number of benzene rings is 2. The van der Waals surface area contributed by atoms with Gasteiger partial charge in [0.2, 0.25) is 11.2 Å². The molecule has 0 atom stereocenters. The number of phenols is 1.